The van der Waals surface area contributed by atoms with E-state index in [-0.39, 0.29) is 12.4 Å². The number of carbonyl (C=O) groups is 2. The number of carbonyl (C=O) groups excluding carboxylic acids is 2. The van der Waals surface area contributed by atoms with Gasteiger partial charge in [-0.25, -0.2) is 4.79 Å². The number of ether oxygens (including phenoxy) is 4. The van der Waals surface area contributed by atoms with Crippen LogP contribution in [0.25, 0.3) is 6.08 Å². The third-order valence-electron chi connectivity index (χ3n) is 4.01. The zero-order chi connectivity index (χ0) is 19.9. The molecule has 0 N–H and O–H groups in total. The summed E-state index contributed by atoms with van der Waals surface area (Å²) in [4.78, 5) is 24.3. The highest BCUT2D eigenvalue weighted by molar-refractivity contribution is 9.10. The lowest BCUT2D eigenvalue weighted by Gasteiger charge is -2.09. The Balaban J connectivity index is 1.59. The molecule has 0 aromatic heterocycles. The van der Waals surface area contributed by atoms with Gasteiger partial charge in [-0.3, -0.25) is 4.79 Å². The van der Waals surface area contributed by atoms with Crippen molar-refractivity contribution in [3.05, 3.63) is 58.1 Å². The maximum Gasteiger partial charge on any atom is 0.331 e. The van der Waals surface area contributed by atoms with E-state index in [0.717, 1.165) is 10.9 Å². The van der Waals surface area contributed by atoms with E-state index in [0.29, 0.717) is 41.6 Å². The van der Waals surface area contributed by atoms with Crippen molar-refractivity contribution in [2.24, 2.45) is 0 Å². The SMILES string of the molecule is COc1ccc(Br)cc1/C=C/C(=O)OCC(=O)c1ccc2c(c1)OCCCO2. The summed E-state index contributed by atoms with van der Waals surface area (Å²) in [5, 5.41) is 0. The summed E-state index contributed by atoms with van der Waals surface area (Å²) >= 11 is 3.37. The van der Waals surface area contributed by atoms with Gasteiger partial charge in [-0.15, -0.1) is 0 Å². The lowest BCUT2D eigenvalue weighted by atomic mass is 10.1. The maximum atomic E-state index is 12.3. The molecule has 0 bridgehead atoms. The average molecular weight is 447 g/mol. The van der Waals surface area contributed by atoms with E-state index in [1.54, 1.807) is 37.5 Å². The molecular weight excluding hydrogens is 428 g/mol. The number of benzene rings is 2. The zero-order valence-electron chi connectivity index (χ0n) is 15.3. The molecule has 1 heterocycles. The van der Waals surface area contributed by atoms with Crippen LogP contribution >= 0.6 is 15.9 Å². The van der Waals surface area contributed by atoms with E-state index in [4.69, 9.17) is 18.9 Å². The van der Waals surface area contributed by atoms with Gasteiger partial charge in [0.25, 0.3) is 0 Å². The molecule has 0 amide bonds. The van der Waals surface area contributed by atoms with Crippen LogP contribution in [0, 0.1) is 0 Å². The Morgan fingerprint density at radius 2 is 1.89 bits per heavy atom. The van der Waals surface area contributed by atoms with Gasteiger partial charge in [0.05, 0.1) is 20.3 Å². The molecule has 0 saturated carbocycles. The molecule has 3 rings (SSSR count). The number of ketones is 1. The van der Waals surface area contributed by atoms with Gasteiger partial charge in [0.15, 0.2) is 23.9 Å². The van der Waals surface area contributed by atoms with Crippen LogP contribution in [-0.4, -0.2) is 38.7 Å². The van der Waals surface area contributed by atoms with Gasteiger partial charge in [-0.05, 0) is 42.5 Å². The van der Waals surface area contributed by atoms with Crippen molar-refractivity contribution >= 4 is 33.8 Å². The van der Waals surface area contributed by atoms with Crippen molar-refractivity contribution in [1.29, 1.82) is 0 Å². The second-order valence-electron chi connectivity index (χ2n) is 5.96. The number of halogens is 1. The third kappa shape index (κ3) is 5.13. The molecule has 146 valence electrons. The number of hydrogen-bond donors (Lipinski definition) is 0. The smallest absolute Gasteiger partial charge is 0.331 e. The van der Waals surface area contributed by atoms with Gasteiger partial charge in [-0.2, -0.15) is 0 Å². The first-order valence-corrected chi connectivity index (χ1v) is 9.47. The summed E-state index contributed by atoms with van der Waals surface area (Å²) in [5.74, 6) is 0.811. The molecule has 0 spiro atoms. The van der Waals surface area contributed by atoms with Gasteiger partial charge >= 0.3 is 5.97 Å². The minimum absolute atomic E-state index is 0.322. The van der Waals surface area contributed by atoms with Gasteiger partial charge in [0.1, 0.15) is 5.75 Å². The van der Waals surface area contributed by atoms with Crippen molar-refractivity contribution in [1.82, 2.24) is 0 Å². The van der Waals surface area contributed by atoms with Crippen LogP contribution in [0.1, 0.15) is 22.3 Å². The highest BCUT2D eigenvalue weighted by Gasteiger charge is 2.15. The lowest BCUT2D eigenvalue weighted by molar-refractivity contribution is -0.136. The normalized spacial score (nSPS) is 13.1. The topological polar surface area (TPSA) is 71.1 Å². The standard InChI is InChI=1S/C21H19BrO6/c1-25-18-7-5-16(22)11-15(18)4-8-21(24)28-13-17(23)14-3-6-19-20(12-14)27-10-2-9-26-19/h3-8,11-12H,2,9-10,13H2,1H3/b8-4+. The van der Waals surface area contributed by atoms with Crippen LogP contribution in [0.3, 0.4) is 0 Å². The second-order valence-corrected chi connectivity index (χ2v) is 6.88. The first-order chi connectivity index (χ1) is 13.6. The highest BCUT2D eigenvalue weighted by atomic mass is 79.9. The van der Waals surface area contributed by atoms with Crippen molar-refractivity contribution in [2.75, 3.05) is 26.9 Å². The quantitative estimate of drug-likeness (QED) is 0.378. The molecule has 7 heteroatoms. The van der Waals surface area contributed by atoms with Crippen molar-refractivity contribution in [3.63, 3.8) is 0 Å². The van der Waals surface area contributed by atoms with E-state index in [9.17, 15) is 9.59 Å². The molecule has 0 atom stereocenters. The van der Waals surface area contributed by atoms with Crippen LogP contribution in [0.2, 0.25) is 0 Å². The molecule has 2 aromatic rings. The van der Waals surface area contributed by atoms with Crippen molar-refractivity contribution < 1.29 is 28.5 Å². The molecule has 1 aliphatic rings. The number of methoxy groups -OCH3 is 1. The molecule has 0 fully saturated rings. The first kappa shape index (κ1) is 19.9. The second kappa shape index (κ2) is 9.41. The lowest BCUT2D eigenvalue weighted by Crippen LogP contribution is -2.12. The molecule has 0 unspecified atom stereocenters. The molecule has 1 aliphatic heterocycles. The molecule has 0 aliphatic carbocycles. The van der Waals surface area contributed by atoms with Gasteiger partial charge < -0.3 is 18.9 Å². The number of rotatable bonds is 6. The fourth-order valence-corrected chi connectivity index (χ4v) is 2.98. The molecule has 2 aromatic carbocycles. The predicted molar refractivity (Wildman–Crippen MR) is 107 cm³/mol. The highest BCUT2D eigenvalue weighted by Crippen LogP contribution is 2.30. The Hall–Kier alpha value is -2.80. The summed E-state index contributed by atoms with van der Waals surface area (Å²) in [5.41, 5.74) is 1.11. The van der Waals surface area contributed by atoms with E-state index >= 15 is 0 Å². The van der Waals surface area contributed by atoms with Crippen LogP contribution in [0.15, 0.2) is 46.9 Å². The number of fused-ring (bicyclic) bond motifs is 1. The summed E-state index contributed by atoms with van der Waals surface area (Å²) < 4.78 is 22.3. The Bertz CT molecular complexity index is 906. The number of Topliss-reactive ketones (excluding diaryl/α,β-unsaturated/α-hetero) is 1. The third-order valence-corrected chi connectivity index (χ3v) is 4.50. The monoisotopic (exact) mass is 446 g/mol. The van der Waals surface area contributed by atoms with Crippen LogP contribution < -0.4 is 14.2 Å². The average Bonchev–Trinajstić information content (AvgIpc) is 2.95. The predicted octanol–water partition coefficient (Wildman–Crippen LogP) is 4.06. The summed E-state index contributed by atoms with van der Waals surface area (Å²) in [6.07, 6.45) is 3.61. The van der Waals surface area contributed by atoms with Gasteiger partial charge in [0.2, 0.25) is 0 Å². The maximum absolute atomic E-state index is 12.3. The van der Waals surface area contributed by atoms with Crippen LogP contribution in [0.5, 0.6) is 17.2 Å². The molecule has 6 nitrogen and oxygen atoms in total. The van der Waals surface area contributed by atoms with E-state index < -0.39 is 5.97 Å². The Morgan fingerprint density at radius 3 is 2.68 bits per heavy atom. The Morgan fingerprint density at radius 1 is 1.11 bits per heavy atom. The number of esters is 1. The van der Waals surface area contributed by atoms with Crippen molar-refractivity contribution in [2.45, 2.75) is 6.42 Å². The van der Waals surface area contributed by atoms with E-state index in [1.165, 1.54) is 6.08 Å². The van der Waals surface area contributed by atoms with Crippen LogP contribution in [0.4, 0.5) is 0 Å². The van der Waals surface area contributed by atoms with E-state index in [1.807, 2.05) is 12.1 Å². The zero-order valence-corrected chi connectivity index (χ0v) is 16.9. The molecule has 0 radical (unpaired) electrons. The number of hydrogen-bond acceptors (Lipinski definition) is 6. The Labute approximate surface area is 171 Å². The van der Waals surface area contributed by atoms with Gasteiger partial charge in [0, 0.05) is 28.1 Å². The molecule has 0 saturated heterocycles. The fraction of sp³-hybridized carbons (Fsp3) is 0.238. The fourth-order valence-electron chi connectivity index (χ4n) is 2.60. The molecular formula is C21H19BrO6. The van der Waals surface area contributed by atoms with Crippen LogP contribution in [-0.2, 0) is 9.53 Å². The van der Waals surface area contributed by atoms with Crippen molar-refractivity contribution in [3.8, 4) is 17.2 Å². The summed E-state index contributed by atoms with van der Waals surface area (Å²) in [6.45, 7) is 0.745. The minimum Gasteiger partial charge on any atom is -0.496 e. The molecule has 28 heavy (non-hydrogen) atoms. The van der Waals surface area contributed by atoms with E-state index in [2.05, 4.69) is 15.9 Å². The largest absolute Gasteiger partial charge is 0.496 e. The van der Waals surface area contributed by atoms with Gasteiger partial charge in [-0.1, -0.05) is 15.9 Å². The summed E-state index contributed by atoms with van der Waals surface area (Å²) in [7, 11) is 1.55. The minimum atomic E-state index is -0.621. The first-order valence-electron chi connectivity index (χ1n) is 8.68. The summed E-state index contributed by atoms with van der Waals surface area (Å²) in [6, 6.07) is 10.4. The Kier molecular flexibility index (Phi) is 6.71.